The molecule has 2 atom stereocenters. The fraction of sp³-hybridized carbons (Fsp3) is 0.907. The summed E-state index contributed by atoms with van der Waals surface area (Å²) in [5.41, 5.74) is 0. The summed E-state index contributed by atoms with van der Waals surface area (Å²) in [5, 5.41) is 23.3. The second-order valence-corrected chi connectivity index (χ2v) is 29.2. The highest BCUT2D eigenvalue weighted by molar-refractivity contribution is 5.76. The van der Waals surface area contributed by atoms with Crippen LogP contribution in [-0.4, -0.2) is 47.4 Å². The van der Waals surface area contributed by atoms with Crippen LogP contribution in [0.2, 0.25) is 0 Å². The molecule has 0 aromatic heterocycles. The van der Waals surface area contributed by atoms with Crippen LogP contribution >= 0.6 is 0 Å². The van der Waals surface area contributed by atoms with Gasteiger partial charge in [-0.2, -0.15) is 0 Å². The maximum atomic E-state index is 12.6. The van der Waals surface area contributed by atoms with Crippen molar-refractivity contribution >= 4 is 11.9 Å². The van der Waals surface area contributed by atoms with Gasteiger partial charge in [0.1, 0.15) is 0 Å². The Balaban J connectivity index is 3.38. The predicted octanol–water partition coefficient (Wildman–Crippen LogP) is 28.2. The Morgan fingerprint density at radius 1 is 0.304 bits per heavy atom. The van der Waals surface area contributed by atoms with Gasteiger partial charge in [0.05, 0.1) is 25.4 Å². The summed E-state index contributed by atoms with van der Waals surface area (Å²) in [7, 11) is 0. The molecule has 0 spiro atoms. The number of amides is 1. The Hall–Kier alpha value is -1.92. The van der Waals surface area contributed by atoms with Crippen molar-refractivity contribution in [3.8, 4) is 0 Å². The van der Waals surface area contributed by atoms with Gasteiger partial charge in [-0.25, -0.2) is 0 Å². The number of ether oxygens (including phenoxy) is 1. The first-order chi connectivity index (χ1) is 45.5. The Bertz CT molecular complexity index is 1490. The Morgan fingerprint density at radius 3 is 0.826 bits per heavy atom. The average molecular weight is 1290 g/mol. The van der Waals surface area contributed by atoms with Gasteiger partial charge < -0.3 is 20.3 Å². The molecule has 0 rings (SSSR count). The quantitative estimate of drug-likeness (QED) is 0.0320. The predicted molar refractivity (Wildman–Crippen MR) is 407 cm³/mol. The topological polar surface area (TPSA) is 95.9 Å². The van der Waals surface area contributed by atoms with Crippen molar-refractivity contribution in [3.63, 3.8) is 0 Å². The van der Waals surface area contributed by atoms with Gasteiger partial charge in [-0.05, 0) is 64.2 Å². The van der Waals surface area contributed by atoms with Gasteiger partial charge in [0.2, 0.25) is 5.91 Å². The monoisotopic (exact) mass is 1290 g/mol. The maximum absolute atomic E-state index is 12.6. The molecule has 0 aromatic rings. The third kappa shape index (κ3) is 77.1. The minimum Gasteiger partial charge on any atom is -0.466 e. The van der Waals surface area contributed by atoms with E-state index in [1.54, 1.807) is 6.08 Å². The summed E-state index contributed by atoms with van der Waals surface area (Å²) in [6.07, 6.45) is 107. The smallest absolute Gasteiger partial charge is 0.305 e. The Labute approximate surface area is 576 Å². The van der Waals surface area contributed by atoms with E-state index < -0.39 is 12.1 Å². The Morgan fingerprint density at radius 2 is 0.543 bits per heavy atom. The summed E-state index contributed by atoms with van der Waals surface area (Å²) >= 11 is 0. The van der Waals surface area contributed by atoms with Crippen LogP contribution in [0.1, 0.15) is 476 Å². The number of unbranched alkanes of at least 4 members (excludes halogenated alkanes) is 65. The van der Waals surface area contributed by atoms with E-state index in [1.165, 1.54) is 405 Å². The summed E-state index contributed by atoms with van der Waals surface area (Å²) in [6, 6.07) is -0.628. The van der Waals surface area contributed by atoms with Crippen molar-refractivity contribution < 1.29 is 24.5 Å². The molecule has 6 heteroatoms. The molecule has 92 heavy (non-hydrogen) atoms. The van der Waals surface area contributed by atoms with Gasteiger partial charge in [0.25, 0.3) is 0 Å². The van der Waals surface area contributed by atoms with Crippen LogP contribution in [0.5, 0.6) is 0 Å². The largest absolute Gasteiger partial charge is 0.466 e. The first-order valence-corrected chi connectivity index (χ1v) is 42.3. The van der Waals surface area contributed by atoms with Crippen LogP contribution in [0, 0.1) is 0 Å². The van der Waals surface area contributed by atoms with E-state index in [-0.39, 0.29) is 18.5 Å². The van der Waals surface area contributed by atoms with Gasteiger partial charge in [0, 0.05) is 12.8 Å². The summed E-state index contributed by atoms with van der Waals surface area (Å²) in [6.45, 7) is 4.96. The molecule has 0 bridgehead atoms. The molecule has 0 aliphatic heterocycles. The number of allylic oxidation sites excluding steroid dienone is 5. The summed E-state index contributed by atoms with van der Waals surface area (Å²) in [5.74, 6) is -0.0387. The zero-order valence-corrected chi connectivity index (χ0v) is 62.6. The molecule has 0 aliphatic carbocycles. The highest BCUT2D eigenvalue weighted by Crippen LogP contribution is 2.20. The number of rotatable bonds is 80. The fourth-order valence-electron chi connectivity index (χ4n) is 13.5. The van der Waals surface area contributed by atoms with Crippen molar-refractivity contribution in [3.05, 3.63) is 36.5 Å². The third-order valence-electron chi connectivity index (χ3n) is 19.9. The van der Waals surface area contributed by atoms with Gasteiger partial charge in [-0.15, -0.1) is 0 Å². The molecular formula is C86H165NO5. The van der Waals surface area contributed by atoms with Gasteiger partial charge in [-0.3, -0.25) is 9.59 Å². The molecule has 0 fully saturated rings. The van der Waals surface area contributed by atoms with Crippen LogP contribution in [0.15, 0.2) is 36.5 Å². The fourth-order valence-corrected chi connectivity index (χ4v) is 13.5. The van der Waals surface area contributed by atoms with Crippen LogP contribution in [0.4, 0.5) is 0 Å². The molecule has 544 valence electrons. The number of esters is 1. The number of aliphatic hydroxyl groups excluding tert-OH is 2. The van der Waals surface area contributed by atoms with Crippen LogP contribution in [0.3, 0.4) is 0 Å². The van der Waals surface area contributed by atoms with E-state index in [0.29, 0.717) is 19.4 Å². The zero-order chi connectivity index (χ0) is 66.3. The summed E-state index contributed by atoms with van der Waals surface area (Å²) < 4.78 is 5.52. The Kier molecular flexibility index (Phi) is 79.8. The first kappa shape index (κ1) is 90.1. The molecule has 0 radical (unpaired) electrons. The number of hydrogen-bond donors (Lipinski definition) is 3. The minimum absolute atomic E-state index is 0.0219. The van der Waals surface area contributed by atoms with Gasteiger partial charge in [0.15, 0.2) is 0 Å². The third-order valence-corrected chi connectivity index (χ3v) is 19.9. The number of hydrogen-bond acceptors (Lipinski definition) is 5. The average Bonchev–Trinajstić information content (AvgIpc) is 3.77. The molecule has 0 aromatic carbocycles. The highest BCUT2D eigenvalue weighted by Gasteiger charge is 2.18. The summed E-state index contributed by atoms with van der Waals surface area (Å²) in [4.78, 5) is 24.7. The molecule has 0 saturated heterocycles. The number of carbonyl (C=O) groups is 2. The second-order valence-electron chi connectivity index (χ2n) is 29.2. The molecule has 0 saturated carbocycles. The molecular weight excluding hydrogens is 1130 g/mol. The van der Waals surface area contributed by atoms with Crippen molar-refractivity contribution in [2.24, 2.45) is 0 Å². The van der Waals surface area contributed by atoms with Crippen molar-refractivity contribution in [1.29, 1.82) is 0 Å². The lowest BCUT2D eigenvalue weighted by Crippen LogP contribution is -2.45. The normalized spacial score (nSPS) is 12.6. The van der Waals surface area contributed by atoms with E-state index in [2.05, 4.69) is 43.5 Å². The number of nitrogens with one attached hydrogen (secondary N) is 1. The molecule has 1 amide bonds. The van der Waals surface area contributed by atoms with Gasteiger partial charge in [-0.1, -0.05) is 436 Å². The number of carbonyl (C=O) groups excluding carboxylic acids is 2. The zero-order valence-electron chi connectivity index (χ0n) is 62.6. The molecule has 3 N–H and O–H groups in total. The maximum Gasteiger partial charge on any atom is 0.305 e. The number of aliphatic hydroxyl groups is 2. The standard InChI is InChI=1S/C86H165NO5/c1-3-5-7-9-11-13-15-17-19-21-23-24-40-43-46-50-54-58-62-66-70-74-78-84(89)83(82-88)87-85(90)79-75-71-67-63-59-55-51-47-44-41-38-36-34-32-30-28-26-25-27-29-31-33-35-37-39-42-45-49-53-57-61-65-69-73-77-81-92-86(91)80-76-72-68-64-60-56-52-48-22-20-18-16-14-12-10-8-6-4-2/h27,29,33,35,74,78,83-84,88-89H,3-26,28,30-32,34,36-73,75-77,79-82H2,1-2H3,(H,87,90)/b29-27-,35-33-,78-74+. The SMILES string of the molecule is CCCCCCCCCCCCCCCCCCCCCC/C=C/C(O)C(CO)NC(=O)CCCCCCCCCCCCCCCCCCC/C=C\C/C=C\CCCCCCCCCCCCCOC(=O)CCCCCCCCCCCCCCCCCCCC. The lowest BCUT2D eigenvalue weighted by molar-refractivity contribution is -0.143. The molecule has 6 nitrogen and oxygen atoms in total. The van der Waals surface area contributed by atoms with E-state index in [1.807, 2.05) is 6.08 Å². The highest BCUT2D eigenvalue weighted by atomic mass is 16.5. The van der Waals surface area contributed by atoms with E-state index in [0.717, 1.165) is 44.9 Å². The van der Waals surface area contributed by atoms with Crippen LogP contribution in [-0.2, 0) is 14.3 Å². The van der Waals surface area contributed by atoms with Crippen molar-refractivity contribution in [2.75, 3.05) is 13.2 Å². The lowest BCUT2D eigenvalue weighted by atomic mass is 10.0. The lowest BCUT2D eigenvalue weighted by Gasteiger charge is -2.20. The second kappa shape index (κ2) is 81.5. The minimum atomic E-state index is -0.844. The van der Waals surface area contributed by atoms with E-state index in [4.69, 9.17) is 4.74 Å². The van der Waals surface area contributed by atoms with Crippen molar-refractivity contribution in [2.45, 2.75) is 488 Å². The van der Waals surface area contributed by atoms with Crippen molar-refractivity contribution in [1.82, 2.24) is 5.32 Å². The molecule has 0 aliphatic rings. The van der Waals surface area contributed by atoms with Crippen LogP contribution in [0.25, 0.3) is 0 Å². The van der Waals surface area contributed by atoms with E-state index in [9.17, 15) is 19.8 Å². The van der Waals surface area contributed by atoms with Gasteiger partial charge >= 0.3 is 5.97 Å². The van der Waals surface area contributed by atoms with E-state index >= 15 is 0 Å². The van der Waals surface area contributed by atoms with Crippen LogP contribution < -0.4 is 5.32 Å². The molecule has 0 heterocycles. The molecule has 2 unspecified atom stereocenters. The first-order valence-electron chi connectivity index (χ1n) is 42.3.